The first-order chi connectivity index (χ1) is 74.0. The maximum Gasteiger partial charge on any atom is 0.252 e. The monoisotopic (exact) mass is 1840 g/mol. The van der Waals surface area contributed by atoms with E-state index in [1.54, 1.807) is 0 Å². The maximum atomic E-state index is 11.7. The fourth-order valence-corrected chi connectivity index (χ4v) is 21.5. The van der Waals surface area contributed by atoms with Crippen molar-refractivity contribution < 1.29 is 13.7 Å². The molecule has 25 rings (SSSR count). The second kappa shape index (κ2) is 35.0. The van der Waals surface area contributed by atoms with Crippen molar-refractivity contribution >= 4 is 101 Å². The minimum atomic E-state index is -0.815. The number of hydrogen-bond donors (Lipinski definition) is 0. The van der Waals surface area contributed by atoms with E-state index in [0.717, 1.165) is 122 Å². The van der Waals surface area contributed by atoms with Gasteiger partial charge in [-0.15, -0.1) is 0 Å². The van der Waals surface area contributed by atoms with Gasteiger partial charge in [0.05, 0.1) is 47.1 Å². The third-order valence-electron chi connectivity index (χ3n) is 28.7. The van der Waals surface area contributed by atoms with E-state index in [-0.39, 0.29) is 60.4 Å². The second-order valence-corrected chi connectivity index (χ2v) is 41.0. The van der Waals surface area contributed by atoms with Crippen LogP contribution in [-0.2, 0) is 16.2 Å². The van der Waals surface area contributed by atoms with Gasteiger partial charge in [-0.05, 0) is 294 Å². The van der Waals surface area contributed by atoms with Gasteiger partial charge in [0.2, 0.25) is 0 Å². The largest absolute Gasteiger partial charge is 0.310 e. The van der Waals surface area contributed by atoms with Crippen molar-refractivity contribution in [1.29, 1.82) is 0 Å². The zero-order valence-corrected chi connectivity index (χ0v) is 81.3. The van der Waals surface area contributed by atoms with E-state index in [2.05, 4.69) is 324 Å². The van der Waals surface area contributed by atoms with Gasteiger partial charge in [0.1, 0.15) is 0 Å². The quantitative estimate of drug-likeness (QED) is 0.0897. The van der Waals surface area contributed by atoms with Crippen LogP contribution < -0.4 is 26.2 Å². The molecule has 0 aliphatic carbocycles. The summed E-state index contributed by atoms with van der Waals surface area (Å²) in [5.41, 5.74) is 28.1. The fraction of sp³-hybridized carbons (Fsp3) is 0.0870. The molecule has 2 aliphatic rings. The summed E-state index contributed by atoms with van der Waals surface area (Å²) in [5.74, 6) is 0. The average molecular weight is 1840 g/mol. The zero-order valence-electron chi connectivity index (χ0n) is 91.3. The van der Waals surface area contributed by atoms with Crippen LogP contribution in [0.15, 0.2) is 485 Å². The lowest BCUT2D eigenvalue weighted by atomic mass is 9.33. The van der Waals surface area contributed by atoms with Crippen molar-refractivity contribution in [2.45, 2.75) is 78.6 Å². The molecule has 682 valence electrons. The molecule has 0 N–H and O–H groups in total. The summed E-state index contributed by atoms with van der Waals surface area (Å²) in [6.45, 7) is 18.5. The number of para-hydroxylation sites is 2. The number of aromatic nitrogens is 2. The molecule has 21 aromatic carbocycles. The number of rotatable bonds is 16. The first kappa shape index (κ1) is 76.8. The lowest BCUT2D eigenvalue weighted by molar-refractivity contribution is 0.590. The van der Waals surface area contributed by atoms with Gasteiger partial charge in [-0.2, -0.15) is 0 Å². The van der Waals surface area contributed by atoms with E-state index >= 15 is 0 Å². The van der Waals surface area contributed by atoms with E-state index in [4.69, 9.17) is 0 Å². The number of fused-ring (bicyclic) bond motifs is 10. The van der Waals surface area contributed by atoms with Crippen LogP contribution in [0.3, 0.4) is 0 Å². The van der Waals surface area contributed by atoms with Crippen LogP contribution in [0.2, 0.25) is 0 Å². The Morgan fingerprint density at radius 1 is 0.196 bits per heavy atom. The van der Waals surface area contributed by atoms with Crippen molar-refractivity contribution in [1.82, 2.24) is 9.13 Å². The lowest BCUT2D eigenvalue weighted by Crippen LogP contribution is -2.61. The van der Waals surface area contributed by atoms with E-state index in [1.807, 2.05) is 182 Å². The molecular formula is C138H107BN4. The van der Waals surface area contributed by atoms with Gasteiger partial charge in [0.15, 0.2) is 0 Å². The molecule has 2 aliphatic heterocycles. The Kier molecular flexibility index (Phi) is 18.8. The van der Waals surface area contributed by atoms with Gasteiger partial charge >= 0.3 is 0 Å². The minimum absolute atomic E-state index is 0.0692. The number of nitrogens with zero attached hydrogens (tertiary/aromatic N) is 4. The third kappa shape index (κ3) is 15.7. The summed E-state index contributed by atoms with van der Waals surface area (Å²) >= 11 is 0. The number of hydrogen-bond acceptors (Lipinski definition) is 2. The van der Waals surface area contributed by atoms with Crippen molar-refractivity contribution in [2.75, 3.05) is 9.80 Å². The molecule has 0 amide bonds. The molecule has 0 radical (unpaired) electrons. The standard InChI is InChI=1S/C138H107BN4/c1-136(2,3)110-82-117(94-46-24-14-25-47-94)134(119(84-110)108-60-36-58-104(78-108)100-54-32-50-96(74-100)90-38-16-10-17-39-90)142-129-88-113(140-125-64-30-28-62-115(125)121-80-106(66-72-127(121)140)102-56-34-52-98(76-102)92-42-20-12-21-43-92)68-70-123(129)139-124-71-69-114(141-126-65-31-29-63-116(126)122-81-107(67-73-128(122)141)103-57-35-53-99(77-103)93-44-22-13-23-45-93)89-130(124)143(132-87-112(138(7,8)9)86-131(142)133(132)139)135-118(95-48-26-15-27-49-95)83-111(137(4,5)6)85-120(135)109-61-37-59-105(79-109)101-55-33-51-97(75-101)91-40-18-11-19-41-91/h10-89H,1-9H3/i66D,67D,72D,73D,80D,81D,82D,83D,84D,85D. The summed E-state index contributed by atoms with van der Waals surface area (Å²) in [6, 6.07) is 146. The molecule has 0 saturated carbocycles. The normalized spacial score (nSPS) is 13.4. The Balaban J connectivity index is 0.845. The van der Waals surface area contributed by atoms with Crippen LogP contribution in [-0.4, -0.2) is 15.8 Å². The van der Waals surface area contributed by atoms with Crippen LogP contribution >= 0.6 is 0 Å². The predicted octanol–water partition coefficient (Wildman–Crippen LogP) is 35.9. The Labute approximate surface area is 853 Å². The van der Waals surface area contributed by atoms with Crippen LogP contribution in [0, 0.1) is 0 Å². The zero-order chi connectivity index (χ0) is 105. The van der Waals surface area contributed by atoms with E-state index in [0.29, 0.717) is 134 Å². The van der Waals surface area contributed by atoms with Crippen molar-refractivity contribution in [3.05, 3.63) is 502 Å². The third-order valence-corrected chi connectivity index (χ3v) is 28.7. The molecule has 0 saturated heterocycles. The van der Waals surface area contributed by atoms with Gasteiger partial charge in [-0.1, -0.05) is 414 Å². The SMILES string of the molecule is [2H]c1c(-c2ccccc2)c(N2c3cc(-n4c5ccccc5c5c([2H])c(-c6cccc(-c7ccccc7)c6)c([2H])c([2H])c54)ccc3B3c4ccc(-n5c6ccccc6c6c([2H])c(-c7cccc(-c8ccccc8)c7)c([2H])c([2H])c65)cc4N(c4c(-c5ccccc5)c([2H])c(C(C)(C)C)c([2H])c4-c4cccc(-c5cccc(-c6ccccc6)c5)c4)c4cc(C(C)(C)C)cc2c43)c(-c2cccc(-c3cccc(-c4ccccc4)c3)c2)c([2H])c1C(C)(C)C. The molecular weight excluding hydrogens is 1720 g/mol. The Bertz CT molecular complexity index is 9060. The maximum absolute atomic E-state index is 11.7. The molecule has 23 aromatic rings. The van der Waals surface area contributed by atoms with Crippen LogP contribution in [0.5, 0.6) is 0 Å². The first-order valence-corrected chi connectivity index (χ1v) is 49.5. The van der Waals surface area contributed by atoms with Crippen LogP contribution in [0.25, 0.3) is 189 Å². The highest BCUT2D eigenvalue weighted by molar-refractivity contribution is 7.00. The first-order valence-electron chi connectivity index (χ1n) is 54.5. The Hall–Kier alpha value is -17.1. The highest BCUT2D eigenvalue weighted by atomic mass is 15.2. The highest BCUT2D eigenvalue weighted by Gasteiger charge is 2.47. The molecule has 4 nitrogen and oxygen atoms in total. The lowest BCUT2D eigenvalue weighted by Gasteiger charge is -2.47. The fourth-order valence-electron chi connectivity index (χ4n) is 21.5. The summed E-state index contributed by atoms with van der Waals surface area (Å²) in [6.07, 6.45) is 0. The van der Waals surface area contributed by atoms with Gasteiger partial charge in [0, 0.05) is 77.9 Å². The van der Waals surface area contributed by atoms with Gasteiger partial charge in [0.25, 0.3) is 6.71 Å². The second-order valence-electron chi connectivity index (χ2n) is 41.0. The summed E-state index contributed by atoms with van der Waals surface area (Å²) in [4.78, 5) is 4.72. The van der Waals surface area contributed by atoms with Crippen LogP contribution in [0.4, 0.5) is 34.1 Å². The van der Waals surface area contributed by atoms with Gasteiger partial charge in [-0.3, -0.25) is 0 Å². The minimum Gasteiger partial charge on any atom is -0.310 e. The average Bonchev–Trinajstić information content (AvgIpc) is 1.09. The van der Waals surface area contributed by atoms with Crippen molar-refractivity contribution in [3.63, 3.8) is 0 Å². The number of benzene rings is 21. The van der Waals surface area contributed by atoms with E-state index in [1.165, 1.54) is 0 Å². The smallest absolute Gasteiger partial charge is 0.252 e. The summed E-state index contributed by atoms with van der Waals surface area (Å²) in [7, 11) is 0. The molecule has 0 atom stereocenters. The molecule has 143 heavy (non-hydrogen) atoms. The summed E-state index contributed by atoms with van der Waals surface area (Å²) < 4.78 is 115. The Morgan fingerprint density at radius 3 is 0.769 bits per heavy atom. The molecule has 0 spiro atoms. The van der Waals surface area contributed by atoms with Gasteiger partial charge < -0.3 is 18.9 Å². The molecule has 4 heterocycles. The highest BCUT2D eigenvalue weighted by Crippen LogP contribution is 2.57. The molecule has 0 bridgehead atoms. The van der Waals surface area contributed by atoms with Gasteiger partial charge in [-0.25, -0.2) is 0 Å². The Morgan fingerprint density at radius 2 is 0.455 bits per heavy atom. The molecule has 2 aromatic heterocycles. The van der Waals surface area contributed by atoms with Crippen molar-refractivity contribution in [2.24, 2.45) is 0 Å². The molecule has 0 unspecified atom stereocenters. The summed E-state index contributed by atoms with van der Waals surface area (Å²) in [5, 5.41) is 2.45. The predicted molar refractivity (Wildman–Crippen MR) is 610 cm³/mol. The van der Waals surface area contributed by atoms with E-state index in [9.17, 15) is 13.7 Å². The van der Waals surface area contributed by atoms with Crippen molar-refractivity contribution in [3.8, 4) is 145 Å². The molecule has 0 fully saturated rings. The topological polar surface area (TPSA) is 16.3 Å². The molecule has 5 heteroatoms. The number of anilines is 6. The van der Waals surface area contributed by atoms with E-state index < -0.39 is 23.0 Å². The van der Waals surface area contributed by atoms with Crippen LogP contribution in [0.1, 0.15) is 92.7 Å².